The molecule has 1 aliphatic rings. The van der Waals surface area contributed by atoms with Gasteiger partial charge in [0.05, 0.1) is 15.0 Å². The van der Waals surface area contributed by atoms with E-state index in [0.29, 0.717) is 42.4 Å². The van der Waals surface area contributed by atoms with Crippen molar-refractivity contribution in [3.8, 4) is 0 Å². The molecule has 0 aliphatic carbocycles. The Morgan fingerprint density at radius 1 is 1.21 bits per heavy atom. The minimum atomic E-state index is -4.88. The van der Waals surface area contributed by atoms with Crippen molar-refractivity contribution in [3.63, 3.8) is 0 Å². The van der Waals surface area contributed by atoms with Crippen LogP contribution in [0.15, 0.2) is 40.6 Å². The Hall–Kier alpha value is -2.90. The summed E-state index contributed by atoms with van der Waals surface area (Å²) in [6.45, 7) is 0.106. The molecule has 1 amide bonds. The number of halogens is 6. The topological polar surface area (TPSA) is 67.2 Å². The van der Waals surface area contributed by atoms with Crippen LogP contribution >= 0.6 is 35.2 Å². The highest BCUT2D eigenvalue weighted by molar-refractivity contribution is 7.80. The van der Waals surface area contributed by atoms with E-state index in [-0.39, 0.29) is 27.9 Å². The van der Waals surface area contributed by atoms with Crippen LogP contribution in [-0.2, 0) is 23.9 Å². The molecular weight excluding hydrogens is 571 g/mol. The molecule has 3 aromatic rings. The largest absolute Gasteiger partial charge is 0.421 e. The van der Waals surface area contributed by atoms with E-state index in [9.17, 15) is 31.5 Å². The molecule has 1 N–H and O–H groups in total. The van der Waals surface area contributed by atoms with Crippen LogP contribution in [0, 0.1) is 11.6 Å². The van der Waals surface area contributed by atoms with Gasteiger partial charge in [-0.25, -0.2) is 13.8 Å². The highest BCUT2D eigenvalue weighted by Gasteiger charge is 2.35. The van der Waals surface area contributed by atoms with Gasteiger partial charge in [0.2, 0.25) is 5.91 Å². The van der Waals surface area contributed by atoms with E-state index in [0.717, 1.165) is 23.3 Å². The molecule has 0 saturated carbocycles. The first kappa shape index (κ1) is 28.1. The number of benzene rings is 1. The van der Waals surface area contributed by atoms with Gasteiger partial charge in [0.25, 0.3) is 5.56 Å². The lowest BCUT2D eigenvalue weighted by atomic mass is 9.97. The zero-order valence-electron chi connectivity index (χ0n) is 19.5. The summed E-state index contributed by atoms with van der Waals surface area (Å²) in [5.74, 6) is -1.38. The summed E-state index contributed by atoms with van der Waals surface area (Å²) in [5.41, 5.74) is -2.89. The SMILES string of the molecule is O=C(Cn1cc(Cl)cc(C(F)(F)F)c1=O)N1CCC(c2nc(NC(=S)Cc3c(F)cccc3F)cs2)CC1. The van der Waals surface area contributed by atoms with Crippen LogP contribution in [0.2, 0.25) is 5.02 Å². The fourth-order valence-corrected chi connectivity index (χ4v) is 5.52. The summed E-state index contributed by atoms with van der Waals surface area (Å²) in [4.78, 5) is 31.1. The summed E-state index contributed by atoms with van der Waals surface area (Å²) in [6, 6.07) is 4.13. The summed E-state index contributed by atoms with van der Waals surface area (Å²) in [5, 5.41) is 5.13. The second-order valence-electron chi connectivity index (χ2n) is 8.65. The number of thiocarbonyl (C=S) groups is 1. The van der Waals surface area contributed by atoms with E-state index in [1.165, 1.54) is 22.3 Å². The first-order valence-corrected chi connectivity index (χ1v) is 13.0. The third kappa shape index (κ3) is 6.56. The number of pyridine rings is 1. The van der Waals surface area contributed by atoms with Gasteiger partial charge in [0.15, 0.2) is 0 Å². The average molecular weight is 591 g/mol. The molecule has 202 valence electrons. The van der Waals surface area contributed by atoms with Crippen molar-refractivity contribution in [2.24, 2.45) is 0 Å². The van der Waals surface area contributed by atoms with Gasteiger partial charge in [-0.1, -0.05) is 29.9 Å². The lowest BCUT2D eigenvalue weighted by Gasteiger charge is -2.31. The molecule has 3 heterocycles. The molecule has 0 radical (unpaired) electrons. The van der Waals surface area contributed by atoms with Crippen molar-refractivity contribution in [2.45, 2.75) is 37.9 Å². The number of aromatic nitrogens is 2. The summed E-state index contributed by atoms with van der Waals surface area (Å²) >= 11 is 12.3. The number of carbonyl (C=O) groups excluding carboxylic acids is 1. The van der Waals surface area contributed by atoms with Crippen molar-refractivity contribution in [2.75, 3.05) is 18.4 Å². The van der Waals surface area contributed by atoms with Gasteiger partial charge in [-0.3, -0.25) is 9.59 Å². The standard InChI is InChI=1S/C24H20ClF5N4O2S2/c25-14-8-16(24(28,29)30)23(36)34(10-14)11-21(35)33-6-4-13(5-7-33)22-32-19(12-38-22)31-20(37)9-15-17(26)2-1-3-18(15)27/h1-3,8,10,12-13H,4-7,9,11H2,(H,31,37). The second-order valence-corrected chi connectivity index (χ2v) is 10.5. The molecule has 38 heavy (non-hydrogen) atoms. The van der Waals surface area contributed by atoms with Crippen molar-refractivity contribution in [3.05, 3.63) is 79.0 Å². The summed E-state index contributed by atoms with van der Waals surface area (Å²) in [6.07, 6.45) is -2.88. The van der Waals surface area contributed by atoms with Gasteiger partial charge >= 0.3 is 6.18 Å². The van der Waals surface area contributed by atoms with Gasteiger partial charge in [-0.05, 0) is 31.0 Å². The van der Waals surface area contributed by atoms with E-state index >= 15 is 0 Å². The van der Waals surface area contributed by atoms with E-state index in [2.05, 4.69) is 10.3 Å². The molecule has 0 unspecified atom stereocenters. The number of nitrogens with one attached hydrogen (secondary N) is 1. The van der Waals surface area contributed by atoms with Crippen molar-refractivity contribution in [1.82, 2.24) is 14.5 Å². The summed E-state index contributed by atoms with van der Waals surface area (Å²) < 4.78 is 67.7. The lowest BCUT2D eigenvalue weighted by Crippen LogP contribution is -2.41. The average Bonchev–Trinajstić information content (AvgIpc) is 3.31. The second kappa shape index (κ2) is 11.5. The van der Waals surface area contributed by atoms with Gasteiger partial charge in [-0.15, -0.1) is 11.3 Å². The lowest BCUT2D eigenvalue weighted by molar-refractivity contribution is -0.139. The quantitative estimate of drug-likeness (QED) is 0.297. The minimum absolute atomic E-state index is 0.0305. The van der Waals surface area contributed by atoms with Crippen molar-refractivity contribution < 1.29 is 26.7 Å². The van der Waals surface area contributed by atoms with Gasteiger partial charge in [-0.2, -0.15) is 13.2 Å². The van der Waals surface area contributed by atoms with E-state index in [1.807, 2.05) is 0 Å². The molecule has 4 rings (SSSR count). The third-order valence-electron chi connectivity index (χ3n) is 6.05. The van der Waals surface area contributed by atoms with Crippen molar-refractivity contribution in [1.29, 1.82) is 0 Å². The highest BCUT2D eigenvalue weighted by Crippen LogP contribution is 2.32. The predicted octanol–water partition coefficient (Wildman–Crippen LogP) is 5.64. The molecule has 14 heteroatoms. The number of hydrogen-bond donors (Lipinski definition) is 1. The van der Waals surface area contributed by atoms with Crippen LogP contribution in [0.5, 0.6) is 0 Å². The number of piperidine rings is 1. The number of alkyl halides is 3. The van der Waals surface area contributed by atoms with E-state index in [1.54, 1.807) is 5.38 Å². The fraction of sp³-hybridized carbons (Fsp3) is 0.333. The first-order valence-electron chi connectivity index (χ1n) is 11.4. The first-order chi connectivity index (χ1) is 17.9. The van der Waals surface area contributed by atoms with Gasteiger partial charge in [0, 0.05) is 42.6 Å². The van der Waals surface area contributed by atoms with Crippen LogP contribution in [0.1, 0.15) is 34.9 Å². The Labute approximate surface area is 228 Å². The zero-order valence-corrected chi connectivity index (χ0v) is 21.9. The molecule has 1 saturated heterocycles. The van der Waals surface area contributed by atoms with Crippen LogP contribution in [-0.4, -0.2) is 38.4 Å². The monoisotopic (exact) mass is 590 g/mol. The Bertz CT molecular complexity index is 1400. The van der Waals surface area contributed by atoms with Crippen molar-refractivity contribution >= 4 is 51.9 Å². The molecule has 1 aromatic carbocycles. The molecule has 1 aliphatic heterocycles. The van der Waals surface area contributed by atoms with Gasteiger partial charge in [0.1, 0.15) is 29.6 Å². The number of anilines is 1. The number of likely N-dealkylation sites (tertiary alicyclic amines) is 1. The Morgan fingerprint density at radius 3 is 2.50 bits per heavy atom. The Kier molecular flexibility index (Phi) is 8.48. The maximum absolute atomic E-state index is 13.9. The van der Waals surface area contributed by atoms with Crippen LogP contribution in [0.25, 0.3) is 0 Å². The molecule has 0 spiro atoms. The Morgan fingerprint density at radius 2 is 1.87 bits per heavy atom. The molecular formula is C24H20ClF5N4O2S2. The van der Waals surface area contributed by atoms with E-state index in [4.69, 9.17) is 23.8 Å². The number of hydrogen-bond acceptors (Lipinski definition) is 5. The maximum atomic E-state index is 13.9. The normalized spacial score (nSPS) is 14.5. The van der Waals surface area contributed by atoms with Crippen LogP contribution in [0.3, 0.4) is 0 Å². The van der Waals surface area contributed by atoms with Gasteiger partial charge < -0.3 is 14.8 Å². The molecule has 6 nitrogen and oxygen atoms in total. The number of nitrogens with zero attached hydrogens (tertiary/aromatic N) is 3. The minimum Gasteiger partial charge on any atom is -0.341 e. The molecule has 0 bridgehead atoms. The maximum Gasteiger partial charge on any atom is 0.421 e. The predicted molar refractivity (Wildman–Crippen MR) is 138 cm³/mol. The zero-order chi connectivity index (χ0) is 27.6. The molecule has 2 aromatic heterocycles. The highest BCUT2D eigenvalue weighted by atomic mass is 35.5. The van der Waals surface area contributed by atoms with E-state index < -0.39 is 41.4 Å². The molecule has 0 atom stereocenters. The Balaban J connectivity index is 1.33. The van der Waals surface area contributed by atoms with Crippen LogP contribution in [0.4, 0.5) is 27.8 Å². The summed E-state index contributed by atoms with van der Waals surface area (Å²) in [7, 11) is 0. The molecule has 1 fully saturated rings. The number of rotatable bonds is 6. The number of amides is 1. The smallest absolute Gasteiger partial charge is 0.341 e. The number of thiazole rings is 1. The number of carbonyl (C=O) groups is 1. The van der Waals surface area contributed by atoms with Crippen LogP contribution < -0.4 is 10.9 Å². The fourth-order valence-electron chi connectivity index (χ4n) is 4.12. The third-order valence-corrected chi connectivity index (χ3v) is 7.51.